The molecule has 0 unspecified atom stereocenters. The summed E-state index contributed by atoms with van der Waals surface area (Å²) in [6, 6.07) is 10.6. The van der Waals surface area contributed by atoms with Crippen molar-refractivity contribution in [2.45, 2.75) is 25.7 Å². The molecule has 0 spiro atoms. The molecule has 1 saturated heterocycles. The zero-order chi connectivity index (χ0) is 12.5. The van der Waals surface area contributed by atoms with E-state index in [1.54, 1.807) is 0 Å². The summed E-state index contributed by atoms with van der Waals surface area (Å²) in [6.45, 7) is 12.2. The Balaban J connectivity index is 0.000000686. The minimum absolute atomic E-state index is 1.17. The summed E-state index contributed by atoms with van der Waals surface area (Å²) in [5, 5.41) is 0. The van der Waals surface area contributed by atoms with Crippen LogP contribution in [0.15, 0.2) is 35.2 Å². The van der Waals surface area contributed by atoms with Crippen molar-refractivity contribution in [3.05, 3.63) is 30.3 Å². The SMILES string of the molecule is CC.CCN1CCN(Sc2ccccc2)CC1. The average molecular weight is 252 g/mol. The molecule has 1 aromatic rings. The van der Waals surface area contributed by atoms with E-state index >= 15 is 0 Å². The highest BCUT2D eigenvalue weighted by Crippen LogP contribution is 2.23. The lowest BCUT2D eigenvalue weighted by Crippen LogP contribution is -2.43. The van der Waals surface area contributed by atoms with Gasteiger partial charge in [-0.25, -0.2) is 4.31 Å². The van der Waals surface area contributed by atoms with Crippen LogP contribution in [0.5, 0.6) is 0 Å². The molecule has 17 heavy (non-hydrogen) atoms. The van der Waals surface area contributed by atoms with Crippen molar-refractivity contribution in [1.29, 1.82) is 0 Å². The Kier molecular flexibility index (Phi) is 7.33. The van der Waals surface area contributed by atoms with Crippen molar-refractivity contribution in [1.82, 2.24) is 9.21 Å². The van der Waals surface area contributed by atoms with Gasteiger partial charge in [0.25, 0.3) is 0 Å². The fraction of sp³-hybridized carbons (Fsp3) is 0.571. The highest BCUT2D eigenvalue weighted by atomic mass is 32.2. The van der Waals surface area contributed by atoms with Gasteiger partial charge in [0.1, 0.15) is 0 Å². The molecule has 0 aromatic heterocycles. The maximum absolute atomic E-state index is 2.50. The van der Waals surface area contributed by atoms with Crippen LogP contribution in [0.4, 0.5) is 0 Å². The van der Waals surface area contributed by atoms with E-state index in [2.05, 4.69) is 46.5 Å². The normalized spacial score (nSPS) is 17.4. The molecular weight excluding hydrogens is 228 g/mol. The van der Waals surface area contributed by atoms with Crippen molar-refractivity contribution in [3.63, 3.8) is 0 Å². The second-order valence-corrected chi connectivity index (χ2v) is 4.94. The summed E-state index contributed by atoms with van der Waals surface area (Å²) >= 11 is 1.88. The number of hydrogen-bond acceptors (Lipinski definition) is 3. The van der Waals surface area contributed by atoms with Gasteiger partial charge in [0.05, 0.1) is 0 Å². The highest BCUT2D eigenvalue weighted by molar-refractivity contribution is 7.97. The first-order valence-corrected chi connectivity index (χ1v) is 7.36. The van der Waals surface area contributed by atoms with Gasteiger partial charge < -0.3 is 4.90 Å². The topological polar surface area (TPSA) is 6.48 Å². The van der Waals surface area contributed by atoms with E-state index in [4.69, 9.17) is 0 Å². The Morgan fingerprint density at radius 3 is 2.12 bits per heavy atom. The number of piperazine rings is 1. The maximum atomic E-state index is 2.50. The zero-order valence-electron chi connectivity index (χ0n) is 11.2. The third-order valence-corrected chi connectivity index (χ3v) is 3.86. The molecule has 96 valence electrons. The predicted octanol–water partition coefficient (Wildman–Crippen LogP) is 3.36. The molecule has 0 amide bonds. The van der Waals surface area contributed by atoms with Gasteiger partial charge in [-0.2, -0.15) is 0 Å². The van der Waals surface area contributed by atoms with Crippen molar-refractivity contribution in [2.75, 3.05) is 32.7 Å². The molecular formula is C14H24N2S. The quantitative estimate of drug-likeness (QED) is 0.762. The summed E-state index contributed by atoms with van der Waals surface area (Å²) in [7, 11) is 0. The van der Waals surface area contributed by atoms with Crippen LogP contribution < -0.4 is 0 Å². The lowest BCUT2D eigenvalue weighted by Gasteiger charge is -2.32. The van der Waals surface area contributed by atoms with Gasteiger partial charge in [-0.15, -0.1) is 0 Å². The molecule has 2 nitrogen and oxygen atoms in total. The Morgan fingerprint density at radius 1 is 1.00 bits per heavy atom. The average Bonchev–Trinajstić information content (AvgIpc) is 2.43. The second-order valence-electron chi connectivity index (χ2n) is 3.77. The number of likely N-dealkylation sites (N-methyl/N-ethyl adjacent to an activating group) is 1. The Bertz CT molecular complexity index is 282. The van der Waals surface area contributed by atoms with E-state index in [1.165, 1.54) is 37.6 Å². The third kappa shape index (κ3) is 5.11. The summed E-state index contributed by atoms with van der Waals surface area (Å²) in [5.41, 5.74) is 0. The van der Waals surface area contributed by atoms with Crippen LogP contribution >= 0.6 is 11.9 Å². The molecule has 0 aliphatic carbocycles. The minimum Gasteiger partial charge on any atom is -0.301 e. The Morgan fingerprint density at radius 2 is 1.59 bits per heavy atom. The second kappa shape index (κ2) is 8.56. The van der Waals surface area contributed by atoms with Crippen LogP contribution in [0, 0.1) is 0 Å². The van der Waals surface area contributed by atoms with Gasteiger partial charge in [0, 0.05) is 31.1 Å². The molecule has 2 rings (SSSR count). The minimum atomic E-state index is 1.17. The smallest absolute Gasteiger partial charge is 0.0230 e. The summed E-state index contributed by atoms with van der Waals surface area (Å²) in [6.07, 6.45) is 0. The maximum Gasteiger partial charge on any atom is 0.0230 e. The number of hydrogen-bond donors (Lipinski definition) is 0. The largest absolute Gasteiger partial charge is 0.301 e. The molecule has 1 heterocycles. The summed E-state index contributed by atoms with van der Waals surface area (Å²) in [5.74, 6) is 0. The number of rotatable bonds is 3. The fourth-order valence-corrected chi connectivity index (χ4v) is 2.69. The monoisotopic (exact) mass is 252 g/mol. The van der Waals surface area contributed by atoms with Crippen LogP contribution in [-0.2, 0) is 0 Å². The van der Waals surface area contributed by atoms with Gasteiger partial charge in [-0.3, -0.25) is 0 Å². The lowest BCUT2D eigenvalue weighted by molar-refractivity contribution is 0.205. The van der Waals surface area contributed by atoms with Crippen molar-refractivity contribution < 1.29 is 0 Å². The van der Waals surface area contributed by atoms with Crippen LogP contribution in [0.25, 0.3) is 0 Å². The summed E-state index contributed by atoms with van der Waals surface area (Å²) in [4.78, 5) is 3.85. The first-order chi connectivity index (χ1) is 8.38. The van der Waals surface area contributed by atoms with Gasteiger partial charge in [-0.1, -0.05) is 39.0 Å². The van der Waals surface area contributed by atoms with E-state index in [-0.39, 0.29) is 0 Å². The molecule has 1 aliphatic heterocycles. The number of benzene rings is 1. The molecule has 3 heteroatoms. The summed E-state index contributed by atoms with van der Waals surface area (Å²) < 4.78 is 2.46. The molecule has 1 aliphatic rings. The van der Waals surface area contributed by atoms with Gasteiger partial charge in [-0.05, 0) is 30.6 Å². The fourth-order valence-electron chi connectivity index (χ4n) is 1.77. The van der Waals surface area contributed by atoms with E-state index in [0.29, 0.717) is 0 Å². The first-order valence-electron chi connectivity index (χ1n) is 6.59. The standard InChI is InChI=1S/C12H18N2S.C2H6/c1-2-13-8-10-14(11-9-13)15-12-6-4-3-5-7-12;1-2/h3-7H,2,8-11H2,1H3;1-2H3. The van der Waals surface area contributed by atoms with Crippen molar-refractivity contribution in [2.24, 2.45) is 0 Å². The van der Waals surface area contributed by atoms with Crippen molar-refractivity contribution in [3.8, 4) is 0 Å². The lowest BCUT2D eigenvalue weighted by atomic mass is 10.4. The van der Waals surface area contributed by atoms with Crippen LogP contribution in [-0.4, -0.2) is 41.9 Å². The van der Waals surface area contributed by atoms with Crippen LogP contribution in [0.2, 0.25) is 0 Å². The predicted molar refractivity (Wildman–Crippen MR) is 77.3 cm³/mol. The number of nitrogens with zero attached hydrogens (tertiary/aromatic N) is 2. The molecule has 1 aromatic carbocycles. The molecule has 0 atom stereocenters. The van der Waals surface area contributed by atoms with Crippen molar-refractivity contribution >= 4 is 11.9 Å². The Labute approximate surface area is 110 Å². The van der Waals surface area contributed by atoms with Crippen LogP contribution in [0.3, 0.4) is 0 Å². The van der Waals surface area contributed by atoms with Gasteiger partial charge in [0.15, 0.2) is 0 Å². The van der Waals surface area contributed by atoms with Gasteiger partial charge in [0.2, 0.25) is 0 Å². The van der Waals surface area contributed by atoms with E-state index in [0.717, 1.165) is 0 Å². The highest BCUT2D eigenvalue weighted by Gasteiger charge is 2.15. The molecule has 0 N–H and O–H groups in total. The zero-order valence-corrected chi connectivity index (χ0v) is 12.0. The molecule has 0 bridgehead atoms. The van der Waals surface area contributed by atoms with Gasteiger partial charge >= 0.3 is 0 Å². The molecule has 0 radical (unpaired) electrons. The van der Waals surface area contributed by atoms with E-state index < -0.39 is 0 Å². The van der Waals surface area contributed by atoms with E-state index in [9.17, 15) is 0 Å². The van der Waals surface area contributed by atoms with E-state index in [1.807, 2.05) is 25.8 Å². The third-order valence-electron chi connectivity index (χ3n) is 2.76. The van der Waals surface area contributed by atoms with Crippen LogP contribution in [0.1, 0.15) is 20.8 Å². The molecule has 0 saturated carbocycles. The first kappa shape index (κ1) is 14.6. The molecule has 1 fully saturated rings. The Hall–Kier alpha value is -0.510.